The van der Waals surface area contributed by atoms with Crippen LogP contribution in [0, 0.1) is 12.8 Å². The molecule has 1 unspecified atom stereocenters. The quantitative estimate of drug-likeness (QED) is 0.609. The van der Waals surface area contributed by atoms with Crippen molar-refractivity contribution in [1.29, 1.82) is 0 Å². The normalized spacial score (nSPS) is 11.8. The minimum Gasteiger partial charge on any atom is -0.469 e. The Hall–Kier alpha value is -1.56. The fraction of sp³-hybridized carbons (Fsp3) is 0.462. The zero-order valence-corrected chi connectivity index (χ0v) is 12.2. The molecule has 5 nitrogen and oxygen atoms in total. The molecule has 1 rings (SSSR count). The first-order valence-electron chi connectivity index (χ1n) is 5.76. The van der Waals surface area contributed by atoms with Gasteiger partial charge in [-0.25, -0.2) is 9.78 Å². The van der Waals surface area contributed by atoms with Gasteiger partial charge in [-0.05, 0) is 19.1 Å². The summed E-state index contributed by atoms with van der Waals surface area (Å²) in [6.45, 7) is 3.55. The average Bonchev–Trinajstić information content (AvgIpc) is 2.43. The number of thioether (sulfide) groups is 1. The van der Waals surface area contributed by atoms with Crippen LogP contribution in [0.15, 0.2) is 17.2 Å². The van der Waals surface area contributed by atoms with Crippen LogP contribution in [-0.4, -0.2) is 36.9 Å². The van der Waals surface area contributed by atoms with Crippen LogP contribution < -0.4 is 0 Å². The summed E-state index contributed by atoms with van der Waals surface area (Å²) in [5, 5.41) is 0.765. The molecule has 0 saturated heterocycles. The Morgan fingerprint density at radius 2 is 2.00 bits per heavy atom. The second-order valence-electron chi connectivity index (χ2n) is 4.01. The van der Waals surface area contributed by atoms with Gasteiger partial charge < -0.3 is 9.47 Å². The van der Waals surface area contributed by atoms with E-state index < -0.39 is 5.97 Å². The van der Waals surface area contributed by atoms with Gasteiger partial charge in [0.2, 0.25) is 0 Å². The lowest BCUT2D eigenvalue weighted by Gasteiger charge is -2.09. The molecule has 0 aliphatic heterocycles. The standard InChI is InChI=1S/C13H17NO4S/c1-8(12(15)17-3)7-19-11-6-5-10(9(2)14-11)13(16)18-4/h5-6,8H,7H2,1-4H3. The number of nitrogens with zero attached hydrogens (tertiary/aromatic N) is 1. The molecular formula is C13H17NO4S. The number of hydrogen-bond donors (Lipinski definition) is 0. The Labute approximate surface area is 116 Å². The number of rotatable bonds is 5. The molecule has 0 radical (unpaired) electrons. The van der Waals surface area contributed by atoms with E-state index in [4.69, 9.17) is 0 Å². The third kappa shape index (κ3) is 4.24. The molecule has 0 aliphatic carbocycles. The molecule has 0 spiro atoms. The van der Waals surface area contributed by atoms with Gasteiger partial charge >= 0.3 is 11.9 Å². The van der Waals surface area contributed by atoms with Gasteiger partial charge in [-0.2, -0.15) is 0 Å². The van der Waals surface area contributed by atoms with Gasteiger partial charge in [-0.1, -0.05) is 6.92 Å². The van der Waals surface area contributed by atoms with Crippen LogP contribution >= 0.6 is 11.8 Å². The minimum atomic E-state index is -0.399. The van der Waals surface area contributed by atoms with Crippen molar-refractivity contribution in [2.45, 2.75) is 18.9 Å². The number of carbonyl (C=O) groups excluding carboxylic acids is 2. The van der Waals surface area contributed by atoms with Crippen LogP contribution in [0.5, 0.6) is 0 Å². The summed E-state index contributed by atoms with van der Waals surface area (Å²) in [6.07, 6.45) is 0. The summed E-state index contributed by atoms with van der Waals surface area (Å²) >= 11 is 1.45. The lowest BCUT2D eigenvalue weighted by molar-refractivity contribution is -0.143. The third-order valence-electron chi connectivity index (χ3n) is 2.55. The number of methoxy groups -OCH3 is 2. The topological polar surface area (TPSA) is 65.5 Å². The zero-order chi connectivity index (χ0) is 14.4. The Morgan fingerprint density at radius 3 is 2.53 bits per heavy atom. The van der Waals surface area contributed by atoms with Gasteiger partial charge in [0.05, 0.1) is 36.4 Å². The molecule has 1 heterocycles. The maximum Gasteiger partial charge on any atom is 0.339 e. The predicted molar refractivity (Wildman–Crippen MR) is 72.2 cm³/mol. The van der Waals surface area contributed by atoms with E-state index in [0.29, 0.717) is 17.0 Å². The van der Waals surface area contributed by atoms with Gasteiger partial charge in [-0.15, -0.1) is 11.8 Å². The second-order valence-corrected chi connectivity index (χ2v) is 5.05. The smallest absolute Gasteiger partial charge is 0.339 e. The van der Waals surface area contributed by atoms with Crippen LogP contribution in [0.1, 0.15) is 23.0 Å². The highest BCUT2D eigenvalue weighted by Crippen LogP contribution is 2.21. The van der Waals surface area contributed by atoms with Crippen LogP contribution in [0.3, 0.4) is 0 Å². The van der Waals surface area contributed by atoms with E-state index in [1.165, 1.54) is 26.0 Å². The highest BCUT2D eigenvalue weighted by Gasteiger charge is 2.15. The molecule has 0 bridgehead atoms. The number of carbonyl (C=O) groups is 2. The van der Waals surface area contributed by atoms with Crippen molar-refractivity contribution in [2.75, 3.05) is 20.0 Å². The number of ether oxygens (including phenoxy) is 2. The summed E-state index contributed by atoms with van der Waals surface area (Å²) in [4.78, 5) is 27.0. The van der Waals surface area contributed by atoms with Crippen molar-refractivity contribution < 1.29 is 19.1 Å². The van der Waals surface area contributed by atoms with Gasteiger partial charge in [0.15, 0.2) is 0 Å². The molecule has 19 heavy (non-hydrogen) atoms. The highest BCUT2D eigenvalue weighted by molar-refractivity contribution is 7.99. The van der Waals surface area contributed by atoms with Crippen LogP contribution in [0.25, 0.3) is 0 Å². The van der Waals surface area contributed by atoms with E-state index in [1.54, 1.807) is 26.0 Å². The van der Waals surface area contributed by atoms with E-state index in [9.17, 15) is 9.59 Å². The van der Waals surface area contributed by atoms with Crippen molar-refractivity contribution in [1.82, 2.24) is 4.98 Å². The van der Waals surface area contributed by atoms with Crippen molar-refractivity contribution in [2.24, 2.45) is 5.92 Å². The molecule has 0 fully saturated rings. The number of esters is 2. The monoisotopic (exact) mass is 283 g/mol. The Bertz CT molecular complexity index is 476. The summed E-state index contributed by atoms with van der Waals surface area (Å²) in [7, 11) is 2.71. The zero-order valence-electron chi connectivity index (χ0n) is 11.4. The molecule has 1 aromatic heterocycles. The molecule has 0 aromatic carbocycles. The first-order valence-corrected chi connectivity index (χ1v) is 6.74. The largest absolute Gasteiger partial charge is 0.469 e. The Morgan fingerprint density at radius 1 is 1.32 bits per heavy atom. The highest BCUT2D eigenvalue weighted by atomic mass is 32.2. The van der Waals surface area contributed by atoms with Crippen LogP contribution in [-0.2, 0) is 14.3 Å². The molecule has 0 N–H and O–H groups in total. The molecule has 1 atom stereocenters. The maximum atomic E-state index is 11.4. The van der Waals surface area contributed by atoms with Gasteiger partial charge in [-0.3, -0.25) is 4.79 Å². The molecule has 104 valence electrons. The molecule has 0 saturated carbocycles. The summed E-state index contributed by atoms with van der Waals surface area (Å²) in [6, 6.07) is 3.42. The minimum absolute atomic E-state index is 0.197. The van der Waals surface area contributed by atoms with Crippen molar-refractivity contribution in [3.63, 3.8) is 0 Å². The predicted octanol–water partition coefficient (Wildman–Crippen LogP) is 2.08. The number of aryl methyl sites for hydroxylation is 1. The SMILES string of the molecule is COC(=O)c1ccc(SCC(C)C(=O)OC)nc1C. The van der Waals surface area contributed by atoms with E-state index in [0.717, 1.165) is 5.03 Å². The average molecular weight is 283 g/mol. The van der Waals surface area contributed by atoms with E-state index in [1.807, 2.05) is 0 Å². The lowest BCUT2D eigenvalue weighted by Crippen LogP contribution is -2.15. The van der Waals surface area contributed by atoms with Crippen molar-refractivity contribution in [3.05, 3.63) is 23.4 Å². The molecular weight excluding hydrogens is 266 g/mol. The van der Waals surface area contributed by atoms with Crippen LogP contribution in [0.4, 0.5) is 0 Å². The Balaban J connectivity index is 2.69. The molecule has 1 aromatic rings. The first kappa shape index (κ1) is 15.5. The van der Waals surface area contributed by atoms with Gasteiger partial charge in [0.25, 0.3) is 0 Å². The number of hydrogen-bond acceptors (Lipinski definition) is 6. The number of aromatic nitrogens is 1. The maximum absolute atomic E-state index is 11.4. The Kier molecular flexibility index (Phi) is 5.82. The fourth-order valence-corrected chi connectivity index (χ4v) is 2.35. The van der Waals surface area contributed by atoms with Crippen molar-refractivity contribution >= 4 is 23.7 Å². The van der Waals surface area contributed by atoms with Crippen LogP contribution in [0.2, 0.25) is 0 Å². The first-order chi connectivity index (χ1) is 8.99. The third-order valence-corrected chi connectivity index (χ3v) is 3.74. The van der Waals surface area contributed by atoms with Gasteiger partial charge in [0, 0.05) is 5.75 Å². The van der Waals surface area contributed by atoms with E-state index in [2.05, 4.69) is 14.5 Å². The van der Waals surface area contributed by atoms with E-state index in [-0.39, 0.29) is 11.9 Å². The van der Waals surface area contributed by atoms with Crippen molar-refractivity contribution in [3.8, 4) is 0 Å². The summed E-state index contributed by atoms with van der Waals surface area (Å²) in [5.74, 6) is -0.256. The second kappa shape index (κ2) is 7.13. The number of pyridine rings is 1. The summed E-state index contributed by atoms with van der Waals surface area (Å²) < 4.78 is 9.31. The molecule has 0 amide bonds. The van der Waals surface area contributed by atoms with E-state index >= 15 is 0 Å². The molecule has 0 aliphatic rings. The lowest BCUT2D eigenvalue weighted by atomic mass is 10.2. The molecule has 6 heteroatoms. The fourth-order valence-electron chi connectivity index (χ4n) is 1.42. The summed E-state index contributed by atoms with van der Waals surface area (Å²) in [5.41, 5.74) is 1.07. The van der Waals surface area contributed by atoms with Gasteiger partial charge in [0.1, 0.15) is 0 Å².